The van der Waals surface area contributed by atoms with Crippen molar-refractivity contribution < 1.29 is 4.42 Å². The second-order valence-electron chi connectivity index (χ2n) is 5.95. The number of aryl methyl sites for hydroxylation is 1. The molecule has 4 rings (SSSR count). The molecule has 0 saturated heterocycles. The number of nitrogens with zero attached hydrogens (tertiary/aromatic N) is 3. The number of pyridine rings is 2. The molecule has 0 spiro atoms. The third-order valence-electron chi connectivity index (χ3n) is 4.19. The Balaban J connectivity index is 1.86. The van der Waals surface area contributed by atoms with Gasteiger partial charge < -0.3 is 10.2 Å². The molecule has 128 valence electrons. The molecule has 26 heavy (non-hydrogen) atoms. The van der Waals surface area contributed by atoms with Gasteiger partial charge in [0.15, 0.2) is 5.58 Å². The zero-order valence-corrected chi connectivity index (χ0v) is 14.0. The average molecular weight is 344 g/mol. The third-order valence-corrected chi connectivity index (χ3v) is 4.19. The van der Waals surface area contributed by atoms with E-state index < -0.39 is 0 Å². The number of anilines is 1. The number of oxazole rings is 1. The lowest BCUT2D eigenvalue weighted by Crippen LogP contribution is -2.28. The summed E-state index contributed by atoms with van der Waals surface area (Å²) in [5.41, 5.74) is 10.4. The highest BCUT2D eigenvalue weighted by Crippen LogP contribution is 2.25. The second kappa shape index (κ2) is 5.96. The summed E-state index contributed by atoms with van der Waals surface area (Å²) >= 11 is 0. The van der Waals surface area contributed by atoms with Crippen LogP contribution in [0.2, 0.25) is 0 Å². The minimum atomic E-state index is 0.129. The van der Waals surface area contributed by atoms with Gasteiger partial charge in [0, 0.05) is 24.2 Å². The maximum atomic E-state index is 8.47. The largest absolute Gasteiger partial charge is 0.424 e. The van der Waals surface area contributed by atoms with Crippen LogP contribution in [0.3, 0.4) is 0 Å². The van der Waals surface area contributed by atoms with E-state index in [0.717, 1.165) is 16.7 Å². The Kier molecular flexibility index (Phi) is 3.62. The first-order chi connectivity index (χ1) is 12.5. The van der Waals surface area contributed by atoms with Crippen LogP contribution in [0.25, 0.3) is 22.2 Å². The Labute approximate surface area is 148 Å². The number of nitrogen functional groups attached to an aromatic ring is 1. The zero-order valence-electron chi connectivity index (χ0n) is 14.0. The minimum absolute atomic E-state index is 0.129. The van der Waals surface area contributed by atoms with E-state index in [1.54, 1.807) is 35.3 Å². The van der Waals surface area contributed by atoms with Crippen molar-refractivity contribution in [3.63, 3.8) is 0 Å². The molecule has 0 amide bonds. The number of fused-ring (bicyclic) bond motifs is 1. The van der Waals surface area contributed by atoms with Gasteiger partial charge in [0.1, 0.15) is 16.8 Å². The van der Waals surface area contributed by atoms with E-state index in [4.69, 9.17) is 21.0 Å². The quantitative estimate of drug-likeness (QED) is 0.383. The summed E-state index contributed by atoms with van der Waals surface area (Å²) in [5.74, 6) is 0.215. The van der Waals surface area contributed by atoms with Crippen LogP contribution in [-0.4, -0.2) is 20.4 Å². The van der Waals surface area contributed by atoms with Crippen LogP contribution in [0.5, 0.6) is 0 Å². The molecule has 4 N–H and O–H groups in total. The fourth-order valence-corrected chi connectivity index (χ4v) is 2.84. The van der Waals surface area contributed by atoms with Gasteiger partial charge in [-0.2, -0.15) is 4.98 Å². The van der Waals surface area contributed by atoms with Crippen molar-refractivity contribution >= 4 is 22.9 Å². The topological polar surface area (TPSA) is 118 Å². The number of nitrogens with two attached hydrogens (primary N) is 1. The Morgan fingerprint density at radius 2 is 1.88 bits per heavy atom. The zero-order chi connectivity index (χ0) is 18.3. The lowest BCUT2D eigenvalue weighted by atomic mass is 10.1. The summed E-state index contributed by atoms with van der Waals surface area (Å²) in [5, 5.41) is 16.8. The van der Waals surface area contributed by atoms with Crippen LogP contribution >= 0.6 is 0 Å². The summed E-state index contributed by atoms with van der Waals surface area (Å²) in [4.78, 5) is 8.08. The normalized spacial score (nSPS) is 11.0. The summed E-state index contributed by atoms with van der Waals surface area (Å²) in [6, 6.07) is 11.2. The van der Waals surface area contributed by atoms with E-state index >= 15 is 0 Å². The molecule has 7 heteroatoms. The lowest BCUT2D eigenvalue weighted by Gasteiger charge is -2.13. The van der Waals surface area contributed by atoms with E-state index in [1.165, 1.54) is 0 Å². The van der Waals surface area contributed by atoms with E-state index in [-0.39, 0.29) is 17.3 Å². The molecule has 0 radical (unpaired) electrons. The number of rotatable bonds is 2. The van der Waals surface area contributed by atoms with Gasteiger partial charge in [-0.15, -0.1) is 0 Å². The Hall–Kier alpha value is -3.74. The second-order valence-corrected chi connectivity index (χ2v) is 5.95. The highest BCUT2D eigenvalue weighted by atomic mass is 16.4. The highest BCUT2D eigenvalue weighted by Gasteiger charge is 2.11. The number of aromatic nitrogens is 3. The number of hydrogen-bond donors (Lipinski definition) is 3. The van der Waals surface area contributed by atoms with Gasteiger partial charge in [-0.25, -0.2) is 0 Å². The fraction of sp³-hybridized carbons (Fsp3) is 0.0526. The minimum Gasteiger partial charge on any atom is -0.424 e. The van der Waals surface area contributed by atoms with Crippen molar-refractivity contribution in [3.05, 3.63) is 71.6 Å². The molecule has 0 fully saturated rings. The molecule has 4 aromatic rings. The molecule has 0 aliphatic carbocycles. The molecule has 0 bridgehead atoms. The summed E-state index contributed by atoms with van der Waals surface area (Å²) in [6.45, 7) is 1.85. The molecule has 3 aromatic heterocycles. The lowest BCUT2D eigenvalue weighted by molar-refractivity contribution is 0.626. The molecular weight excluding hydrogens is 328 g/mol. The smallest absolute Gasteiger partial charge is 0.292 e. The number of hydrogen-bond acceptors (Lipinski definition) is 6. The predicted octanol–water partition coefficient (Wildman–Crippen LogP) is 2.94. The third kappa shape index (κ3) is 2.65. The van der Waals surface area contributed by atoms with Crippen molar-refractivity contribution in [3.8, 4) is 11.1 Å². The molecule has 3 heterocycles. The molecule has 1 aromatic carbocycles. The first-order valence-electron chi connectivity index (χ1n) is 7.96. The standard InChI is InChI=1S/C19H16N6O/c1-11-8-14(13-2-3-15-16(9-13)26-19(22)24-15)10-25(17(11)20)18(21)12-4-6-23-7-5-12/h2-10,20-21H,1H3,(H2,22,24). The molecule has 0 unspecified atom stereocenters. The predicted molar refractivity (Wildman–Crippen MR) is 98.9 cm³/mol. The fourth-order valence-electron chi connectivity index (χ4n) is 2.84. The van der Waals surface area contributed by atoms with Gasteiger partial charge in [0.25, 0.3) is 6.01 Å². The monoisotopic (exact) mass is 344 g/mol. The molecule has 7 nitrogen and oxygen atoms in total. The maximum Gasteiger partial charge on any atom is 0.292 e. The van der Waals surface area contributed by atoms with Crippen molar-refractivity contribution in [1.29, 1.82) is 10.8 Å². The van der Waals surface area contributed by atoms with Crippen molar-refractivity contribution in [1.82, 2.24) is 14.5 Å². The van der Waals surface area contributed by atoms with Gasteiger partial charge in [-0.1, -0.05) is 6.07 Å². The van der Waals surface area contributed by atoms with Crippen LogP contribution in [0.4, 0.5) is 6.01 Å². The SMILES string of the molecule is Cc1cc(-c2ccc3nc(N)oc3c2)cn(C(=N)c2ccncc2)c1=N. The Morgan fingerprint density at radius 3 is 2.65 bits per heavy atom. The average Bonchev–Trinajstić information content (AvgIpc) is 3.03. The molecule has 0 aliphatic rings. The number of benzene rings is 1. The van der Waals surface area contributed by atoms with Crippen molar-refractivity contribution in [2.24, 2.45) is 0 Å². The van der Waals surface area contributed by atoms with Crippen LogP contribution in [0.1, 0.15) is 11.1 Å². The molecule has 0 saturated carbocycles. The summed E-state index contributed by atoms with van der Waals surface area (Å²) in [7, 11) is 0. The van der Waals surface area contributed by atoms with Crippen LogP contribution in [0.15, 0.2) is 59.4 Å². The van der Waals surface area contributed by atoms with Crippen LogP contribution in [0, 0.1) is 17.7 Å². The van der Waals surface area contributed by atoms with Crippen molar-refractivity contribution in [2.75, 3.05) is 5.73 Å². The summed E-state index contributed by atoms with van der Waals surface area (Å²) in [6.07, 6.45) is 5.04. The van der Waals surface area contributed by atoms with Crippen molar-refractivity contribution in [2.45, 2.75) is 6.92 Å². The van der Waals surface area contributed by atoms with Gasteiger partial charge in [-0.3, -0.25) is 20.4 Å². The Morgan fingerprint density at radius 1 is 1.12 bits per heavy atom. The summed E-state index contributed by atoms with van der Waals surface area (Å²) < 4.78 is 6.96. The van der Waals surface area contributed by atoms with Gasteiger partial charge >= 0.3 is 0 Å². The molecule has 0 aliphatic heterocycles. The first kappa shape index (κ1) is 15.8. The van der Waals surface area contributed by atoms with Crippen LogP contribution in [-0.2, 0) is 0 Å². The molecular formula is C19H16N6O. The number of nitrogens with one attached hydrogen (secondary N) is 2. The highest BCUT2D eigenvalue weighted by molar-refractivity contribution is 5.98. The van der Waals surface area contributed by atoms with E-state index in [2.05, 4.69) is 9.97 Å². The maximum absolute atomic E-state index is 8.47. The first-order valence-corrected chi connectivity index (χ1v) is 7.96. The van der Waals surface area contributed by atoms with E-state index in [1.807, 2.05) is 31.2 Å². The van der Waals surface area contributed by atoms with Crippen LogP contribution < -0.4 is 11.2 Å². The Bertz CT molecular complexity index is 1190. The van der Waals surface area contributed by atoms with Gasteiger partial charge in [0.05, 0.1) is 0 Å². The van der Waals surface area contributed by atoms with Gasteiger partial charge in [-0.05, 0) is 53.9 Å². The molecule has 0 atom stereocenters. The van der Waals surface area contributed by atoms with E-state index in [9.17, 15) is 0 Å². The van der Waals surface area contributed by atoms with Gasteiger partial charge in [0.2, 0.25) is 0 Å². The van der Waals surface area contributed by atoms with E-state index in [0.29, 0.717) is 16.7 Å².